The Bertz CT molecular complexity index is 277. The summed E-state index contributed by atoms with van der Waals surface area (Å²) in [6.07, 6.45) is 10.2. The van der Waals surface area contributed by atoms with Crippen molar-refractivity contribution in [2.75, 3.05) is 5.73 Å². The highest BCUT2D eigenvalue weighted by atomic mass is 16.5. The smallest absolute Gasteiger partial charge is 0.296 e. The molecule has 1 aromatic rings. The second kappa shape index (κ2) is 7.25. The quantitative estimate of drug-likeness (QED) is 0.547. The summed E-state index contributed by atoms with van der Waals surface area (Å²) >= 11 is 0. The fourth-order valence-electron chi connectivity index (χ4n) is 1.90. The lowest BCUT2D eigenvalue weighted by molar-refractivity contribution is -0.746. The van der Waals surface area contributed by atoms with Gasteiger partial charge < -0.3 is 5.73 Å². The number of hydrogen-bond acceptors (Lipinski definition) is 3. The molecule has 0 amide bonds. The third-order valence-corrected chi connectivity index (χ3v) is 2.95. The van der Waals surface area contributed by atoms with Crippen molar-refractivity contribution in [3.63, 3.8) is 0 Å². The Hall–Kier alpha value is -1.06. The van der Waals surface area contributed by atoms with Crippen molar-refractivity contribution >= 4 is 5.88 Å². The number of unbranched alkanes of at least 4 members (excludes halogenated alkanes) is 6. The molecule has 2 N–H and O–H groups in total. The molecule has 1 rings (SSSR count). The van der Waals surface area contributed by atoms with E-state index in [1.807, 2.05) is 7.05 Å². The molecule has 0 spiro atoms. The fraction of sp³-hybridized carbons (Fsp3) is 0.833. The third-order valence-electron chi connectivity index (χ3n) is 2.95. The summed E-state index contributed by atoms with van der Waals surface area (Å²) in [5, 5.41) is 3.77. The average Bonchev–Trinajstić information content (AvgIpc) is 2.59. The van der Waals surface area contributed by atoms with Crippen LogP contribution in [0.4, 0.5) is 5.88 Å². The van der Waals surface area contributed by atoms with Crippen molar-refractivity contribution in [2.24, 2.45) is 7.05 Å². The number of nitrogen functional groups attached to an aromatic ring is 1. The number of anilines is 1. The van der Waals surface area contributed by atoms with Gasteiger partial charge in [-0.3, -0.25) is 4.52 Å². The van der Waals surface area contributed by atoms with Crippen molar-refractivity contribution in [3.8, 4) is 0 Å². The largest absolute Gasteiger partial charge is 0.362 e. The minimum Gasteiger partial charge on any atom is -0.362 e. The molecule has 0 bridgehead atoms. The minimum absolute atomic E-state index is 0.466. The second-order valence-corrected chi connectivity index (χ2v) is 4.38. The third kappa shape index (κ3) is 4.21. The minimum atomic E-state index is 0.466. The molecule has 1 heterocycles. The highest BCUT2D eigenvalue weighted by Crippen LogP contribution is 2.11. The number of nitrogens with two attached hydrogens (primary N) is 1. The predicted octanol–water partition coefficient (Wildman–Crippen LogP) is 2.37. The van der Waals surface area contributed by atoms with E-state index in [4.69, 9.17) is 10.3 Å². The number of rotatable bonds is 8. The summed E-state index contributed by atoms with van der Waals surface area (Å²) in [5.74, 6) is 0.466. The topological polar surface area (TPSA) is 55.9 Å². The number of aryl methyl sites for hydroxylation is 1. The first-order chi connectivity index (χ1) is 7.75. The maximum atomic E-state index is 5.67. The van der Waals surface area contributed by atoms with Crippen molar-refractivity contribution in [1.29, 1.82) is 0 Å². The second-order valence-electron chi connectivity index (χ2n) is 4.38. The SMILES string of the molecule is CCCCCCCCCc1c(N)on[n+]1C. The zero-order chi connectivity index (χ0) is 11.8. The van der Waals surface area contributed by atoms with Crippen molar-refractivity contribution in [3.05, 3.63) is 5.69 Å². The lowest BCUT2D eigenvalue weighted by Gasteiger charge is -1.98. The van der Waals surface area contributed by atoms with E-state index >= 15 is 0 Å². The first-order valence-electron chi connectivity index (χ1n) is 6.36. The van der Waals surface area contributed by atoms with Crippen molar-refractivity contribution in [1.82, 2.24) is 5.27 Å². The van der Waals surface area contributed by atoms with Crippen LogP contribution < -0.4 is 10.4 Å². The molecule has 4 heteroatoms. The van der Waals surface area contributed by atoms with Crippen LogP contribution >= 0.6 is 0 Å². The predicted molar refractivity (Wildman–Crippen MR) is 63.8 cm³/mol. The van der Waals surface area contributed by atoms with E-state index in [1.165, 1.54) is 44.9 Å². The first-order valence-corrected chi connectivity index (χ1v) is 6.36. The van der Waals surface area contributed by atoms with Gasteiger partial charge in [-0.15, -0.1) is 0 Å². The van der Waals surface area contributed by atoms with Crippen LogP contribution in [0.1, 0.15) is 57.6 Å². The van der Waals surface area contributed by atoms with E-state index in [2.05, 4.69) is 12.2 Å². The molecule has 0 aliphatic rings. The summed E-state index contributed by atoms with van der Waals surface area (Å²) < 4.78 is 6.62. The molecule has 1 aromatic heterocycles. The Morgan fingerprint density at radius 3 is 2.31 bits per heavy atom. The zero-order valence-electron chi connectivity index (χ0n) is 10.5. The van der Waals surface area contributed by atoms with Crippen molar-refractivity contribution in [2.45, 2.75) is 58.3 Å². The van der Waals surface area contributed by atoms with Gasteiger partial charge in [-0.2, -0.15) is 0 Å². The lowest BCUT2D eigenvalue weighted by Crippen LogP contribution is -2.34. The Labute approximate surface area is 97.8 Å². The summed E-state index contributed by atoms with van der Waals surface area (Å²) in [7, 11) is 1.87. The van der Waals surface area contributed by atoms with Crippen LogP contribution in [0.15, 0.2) is 4.52 Å². The number of aromatic nitrogens is 2. The molecule has 92 valence electrons. The molecule has 0 fully saturated rings. The molecule has 0 radical (unpaired) electrons. The monoisotopic (exact) mass is 226 g/mol. The first kappa shape index (κ1) is 13.0. The Morgan fingerprint density at radius 1 is 1.12 bits per heavy atom. The van der Waals surface area contributed by atoms with Gasteiger partial charge in [0.1, 0.15) is 0 Å². The van der Waals surface area contributed by atoms with Gasteiger partial charge in [0.15, 0.2) is 7.05 Å². The molecular formula is C12H24N3O+. The fourth-order valence-corrected chi connectivity index (χ4v) is 1.90. The molecule has 0 aromatic carbocycles. The van der Waals surface area contributed by atoms with Crippen LogP contribution in [0.2, 0.25) is 0 Å². The molecule has 0 saturated carbocycles. The molecule has 0 aliphatic heterocycles. The molecule has 0 saturated heterocycles. The van der Waals surface area contributed by atoms with Gasteiger partial charge in [-0.1, -0.05) is 50.1 Å². The van der Waals surface area contributed by atoms with Crippen LogP contribution in [-0.2, 0) is 13.5 Å². The Morgan fingerprint density at radius 2 is 1.75 bits per heavy atom. The molecule has 0 aliphatic carbocycles. The highest BCUT2D eigenvalue weighted by Gasteiger charge is 2.17. The average molecular weight is 226 g/mol. The van der Waals surface area contributed by atoms with Crippen molar-refractivity contribution < 1.29 is 9.20 Å². The van der Waals surface area contributed by atoms with E-state index in [-0.39, 0.29) is 0 Å². The Kier molecular flexibility index (Phi) is 5.90. The van der Waals surface area contributed by atoms with Crippen LogP contribution in [0.3, 0.4) is 0 Å². The number of hydrogen-bond donors (Lipinski definition) is 1. The molecule has 16 heavy (non-hydrogen) atoms. The van der Waals surface area contributed by atoms with Crippen LogP contribution in [-0.4, -0.2) is 5.27 Å². The maximum absolute atomic E-state index is 5.67. The van der Waals surface area contributed by atoms with Gasteiger partial charge >= 0.3 is 0 Å². The number of nitrogens with zero attached hydrogens (tertiary/aromatic N) is 2. The van der Waals surface area contributed by atoms with E-state index in [0.29, 0.717) is 5.88 Å². The molecule has 0 atom stereocenters. The van der Waals surface area contributed by atoms with Gasteiger partial charge in [0.2, 0.25) is 5.27 Å². The highest BCUT2D eigenvalue weighted by molar-refractivity contribution is 5.24. The van der Waals surface area contributed by atoms with Gasteiger partial charge in [-0.25, -0.2) is 0 Å². The van der Waals surface area contributed by atoms with Gasteiger partial charge in [0, 0.05) is 6.42 Å². The van der Waals surface area contributed by atoms with Gasteiger partial charge in [0.25, 0.3) is 11.6 Å². The van der Waals surface area contributed by atoms with Gasteiger partial charge in [-0.05, 0) is 6.42 Å². The van der Waals surface area contributed by atoms with Crippen LogP contribution in [0.25, 0.3) is 0 Å². The lowest BCUT2D eigenvalue weighted by atomic mass is 10.1. The van der Waals surface area contributed by atoms with E-state index in [1.54, 1.807) is 4.68 Å². The van der Waals surface area contributed by atoms with Gasteiger partial charge in [0.05, 0.1) is 0 Å². The Balaban J connectivity index is 2.07. The summed E-state index contributed by atoms with van der Waals surface area (Å²) in [5.41, 5.74) is 6.69. The summed E-state index contributed by atoms with van der Waals surface area (Å²) in [6, 6.07) is 0. The van der Waals surface area contributed by atoms with E-state index in [0.717, 1.165) is 12.1 Å². The maximum Gasteiger partial charge on any atom is 0.296 e. The van der Waals surface area contributed by atoms with E-state index in [9.17, 15) is 0 Å². The standard InChI is InChI=1S/C12H24N3O/c1-3-4-5-6-7-8-9-10-11-12(13)16-14-15(11)2/h3-10,13H2,1-2H3/q+1. The van der Waals surface area contributed by atoms with Crippen LogP contribution in [0.5, 0.6) is 0 Å². The summed E-state index contributed by atoms with van der Waals surface area (Å²) in [6.45, 7) is 2.24. The van der Waals surface area contributed by atoms with E-state index < -0.39 is 0 Å². The molecule has 0 unspecified atom stereocenters. The summed E-state index contributed by atoms with van der Waals surface area (Å²) in [4.78, 5) is 0. The zero-order valence-corrected chi connectivity index (χ0v) is 10.5. The molecular weight excluding hydrogens is 202 g/mol. The normalized spacial score (nSPS) is 10.9. The van der Waals surface area contributed by atoms with Crippen LogP contribution in [0, 0.1) is 0 Å². The molecule has 4 nitrogen and oxygen atoms in total.